The van der Waals surface area contributed by atoms with Crippen molar-refractivity contribution in [3.63, 3.8) is 0 Å². The van der Waals surface area contributed by atoms with Crippen molar-refractivity contribution in [3.05, 3.63) is 59.8 Å². The summed E-state index contributed by atoms with van der Waals surface area (Å²) < 4.78 is 11.5. The van der Waals surface area contributed by atoms with Crippen molar-refractivity contribution in [2.45, 2.75) is 38.2 Å². The summed E-state index contributed by atoms with van der Waals surface area (Å²) in [7, 11) is 0. The summed E-state index contributed by atoms with van der Waals surface area (Å²) in [6.45, 7) is 1.25. The van der Waals surface area contributed by atoms with Crippen LogP contribution in [-0.4, -0.2) is 34.4 Å². The standard InChI is InChI=1S/C22H24N2O3/c25-20-13-21(27-15-18-8-4-5-11-26-18)24-19-12-17(14-23-22(19)20)10-9-16-6-2-1-3-7-16/h1-3,6-7,12-14,18H,4-5,8-11,15H2,(H,24,25). The van der Waals surface area contributed by atoms with Gasteiger partial charge in [-0.2, -0.15) is 0 Å². The van der Waals surface area contributed by atoms with Gasteiger partial charge in [0.05, 0.1) is 11.6 Å². The molecule has 0 spiro atoms. The van der Waals surface area contributed by atoms with Crippen LogP contribution in [0.3, 0.4) is 0 Å². The highest BCUT2D eigenvalue weighted by atomic mass is 16.5. The number of fused-ring (bicyclic) bond motifs is 1. The van der Waals surface area contributed by atoms with Crippen molar-refractivity contribution >= 4 is 11.0 Å². The van der Waals surface area contributed by atoms with Crippen LogP contribution in [0.5, 0.6) is 11.6 Å². The van der Waals surface area contributed by atoms with Crippen molar-refractivity contribution in [2.24, 2.45) is 0 Å². The fraction of sp³-hybridized carbons (Fsp3) is 0.364. The molecule has 1 aliphatic rings. The summed E-state index contributed by atoms with van der Waals surface area (Å²) in [6, 6.07) is 13.9. The number of nitrogens with zero attached hydrogens (tertiary/aromatic N) is 2. The number of rotatable bonds is 6. The molecule has 0 saturated carbocycles. The predicted octanol–water partition coefficient (Wildman–Crippen LogP) is 4.07. The average Bonchev–Trinajstić information content (AvgIpc) is 2.72. The number of aromatic nitrogens is 2. The molecule has 3 aromatic rings. The van der Waals surface area contributed by atoms with Crippen LogP contribution in [0, 0.1) is 0 Å². The van der Waals surface area contributed by atoms with Gasteiger partial charge < -0.3 is 14.6 Å². The molecular weight excluding hydrogens is 340 g/mol. The molecular formula is C22H24N2O3. The van der Waals surface area contributed by atoms with Crippen LogP contribution in [0.15, 0.2) is 48.7 Å². The molecule has 140 valence electrons. The van der Waals surface area contributed by atoms with E-state index < -0.39 is 0 Å². The monoisotopic (exact) mass is 364 g/mol. The third-order valence-corrected chi connectivity index (χ3v) is 4.89. The minimum Gasteiger partial charge on any atom is -0.505 e. The molecule has 1 unspecified atom stereocenters. The average molecular weight is 364 g/mol. The molecule has 27 heavy (non-hydrogen) atoms. The van der Waals surface area contributed by atoms with Gasteiger partial charge in [-0.3, -0.25) is 4.98 Å². The largest absolute Gasteiger partial charge is 0.505 e. The van der Waals surface area contributed by atoms with Crippen LogP contribution in [-0.2, 0) is 17.6 Å². The first-order valence-corrected chi connectivity index (χ1v) is 9.55. The van der Waals surface area contributed by atoms with Gasteiger partial charge in [-0.25, -0.2) is 4.98 Å². The Hall–Kier alpha value is -2.66. The number of aryl methyl sites for hydroxylation is 2. The normalized spacial score (nSPS) is 17.1. The molecule has 4 rings (SSSR count). The molecule has 1 atom stereocenters. The second kappa shape index (κ2) is 8.35. The predicted molar refractivity (Wildman–Crippen MR) is 104 cm³/mol. The zero-order valence-electron chi connectivity index (χ0n) is 15.3. The number of hydrogen-bond acceptors (Lipinski definition) is 5. The van der Waals surface area contributed by atoms with E-state index in [0.717, 1.165) is 37.9 Å². The highest BCUT2D eigenvalue weighted by Crippen LogP contribution is 2.27. The lowest BCUT2D eigenvalue weighted by Crippen LogP contribution is -2.25. The van der Waals surface area contributed by atoms with Gasteiger partial charge in [-0.15, -0.1) is 0 Å². The van der Waals surface area contributed by atoms with E-state index in [1.54, 1.807) is 0 Å². The van der Waals surface area contributed by atoms with E-state index in [1.807, 2.05) is 30.5 Å². The molecule has 1 fully saturated rings. The van der Waals surface area contributed by atoms with E-state index >= 15 is 0 Å². The maximum absolute atomic E-state index is 10.3. The van der Waals surface area contributed by atoms with Crippen LogP contribution in [0.25, 0.3) is 11.0 Å². The molecule has 0 amide bonds. The van der Waals surface area contributed by atoms with Gasteiger partial charge in [-0.1, -0.05) is 30.3 Å². The van der Waals surface area contributed by atoms with Gasteiger partial charge in [0.1, 0.15) is 17.9 Å². The zero-order valence-corrected chi connectivity index (χ0v) is 15.3. The Morgan fingerprint density at radius 1 is 1.07 bits per heavy atom. The summed E-state index contributed by atoms with van der Waals surface area (Å²) in [5.41, 5.74) is 3.53. The maximum Gasteiger partial charge on any atom is 0.217 e. The maximum atomic E-state index is 10.3. The van der Waals surface area contributed by atoms with Crippen molar-refractivity contribution in [1.29, 1.82) is 0 Å². The Morgan fingerprint density at radius 2 is 1.93 bits per heavy atom. The Kier molecular flexibility index (Phi) is 5.49. The lowest BCUT2D eigenvalue weighted by molar-refractivity contribution is -0.0119. The molecule has 3 heterocycles. The van der Waals surface area contributed by atoms with Gasteiger partial charge >= 0.3 is 0 Å². The van der Waals surface area contributed by atoms with Crippen molar-refractivity contribution in [1.82, 2.24) is 9.97 Å². The number of benzene rings is 1. The molecule has 1 saturated heterocycles. The number of pyridine rings is 2. The van der Waals surface area contributed by atoms with Crippen molar-refractivity contribution < 1.29 is 14.6 Å². The summed E-state index contributed by atoms with van der Waals surface area (Å²) in [6.07, 6.45) is 7.01. The quantitative estimate of drug-likeness (QED) is 0.714. The molecule has 1 aromatic carbocycles. The third kappa shape index (κ3) is 4.55. The Labute approximate surface area is 159 Å². The van der Waals surface area contributed by atoms with Gasteiger partial charge in [0.2, 0.25) is 5.88 Å². The van der Waals surface area contributed by atoms with E-state index in [1.165, 1.54) is 18.1 Å². The van der Waals surface area contributed by atoms with Gasteiger partial charge in [0.15, 0.2) is 0 Å². The lowest BCUT2D eigenvalue weighted by Gasteiger charge is -2.22. The number of hydrogen-bond donors (Lipinski definition) is 1. The lowest BCUT2D eigenvalue weighted by atomic mass is 10.1. The van der Waals surface area contributed by atoms with Crippen LogP contribution in [0.2, 0.25) is 0 Å². The van der Waals surface area contributed by atoms with E-state index in [4.69, 9.17) is 9.47 Å². The minimum absolute atomic E-state index is 0.0918. The van der Waals surface area contributed by atoms with Crippen LogP contribution >= 0.6 is 0 Å². The number of aromatic hydroxyl groups is 1. The van der Waals surface area contributed by atoms with E-state index in [-0.39, 0.29) is 11.9 Å². The highest BCUT2D eigenvalue weighted by molar-refractivity contribution is 5.81. The van der Waals surface area contributed by atoms with Crippen LogP contribution < -0.4 is 4.74 Å². The summed E-state index contributed by atoms with van der Waals surface area (Å²) >= 11 is 0. The topological polar surface area (TPSA) is 64.5 Å². The smallest absolute Gasteiger partial charge is 0.217 e. The van der Waals surface area contributed by atoms with Gasteiger partial charge in [-0.05, 0) is 49.3 Å². The first kappa shape index (κ1) is 17.7. The van der Waals surface area contributed by atoms with Crippen molar-refractivity contribution in [2.75, 3.05) is 13.2 Å². The summed E-state index contributed by atoms with van der Waals surface area (Å²) in [5.74, 6) is 0.505. The van der Waals surface area contributed by atoms with E-state index in [9.17, 15) is 5.11 Å². The summed E-state index contributed by atoms with van der Waals surface area (Å²) in [5, 5.41) is 10.3. The Balaban J connectivity index is 1.47. The fourth-order valence-corrected chi connectivity index (χ4v) is 3.37. The molecule has 0 bridgehead atoms. The molecule has 0 radical (unpaired) electrons. The van der Waals surface area contributed by atoms with Gasteiger partial charge in [0, 0.05) is 18.9 Å². The van der Waals surface area contributed by atoms with Gasteiger partial charge in [0.25, 0.3) is 0 Å². The molecule has 0 aliphatic carbocycles. The minimum atomic E-state index is 0.0918. The highest BCUT2D eigenvalue weighted by Gasteiger charge is 2.15. The second-order valence-corrected chi connectivity index (χ2v) is 6.98. The first-order chi connectivity index (χ1) is 13.3. The fourth-order valence-electron chi connectivity index (χ4n) is 3.37. The molecule has 1 N–H and O–H groups in total. The molecule has 2 aromatic heterocycles. The Morgan fingerprint density at radius 3 is 2.74 bits per heavy atom. The SMILES string of the molecule is Oc1cc(OCC2CCCCO2)nc2cc(CCc3ccccc3)cnc12. The van der Waals surface area contributed by atoms with E-state index in [2.05, 4.69) is 22.1 Å². The number of ether oxygens (including phenoxy) is 2. The second-order valence-electron chi connectivity index (χ2n) is 6.98. The van der Waals surface area contributed by atoms with Crippen LogP contribution in [0.1, 0.15) is 30.4 Å². The van der Waals surface area contributed by atoms with Crippen LogP contribution in [0.4, 0.5) is 0 Å². The molecule has 1 aliphatic heterocycles. The Bertz CT molecular complexity index is 893. The zero-order chi connectivity index (χ0) is 18.5. The van der Waals surface area contributed by atoms with E-state index in [0.29, 0.717) is 23.5 Å². The summed E-state index contributed by atoms with van der Waals surface area (Å²) in [4.78, 5) is 8.93. The third-order valence-electron chi connectivity index (χ3n) is 4.89. The van der Waals surface area contributed by atoms with Crippen molar-refractivity contribution in [3.8, 4) is 11.6 Å². The molecule has 5 heteroatoms. The first-order valence-electron chi connectivity index (χ1n) is 9.55. The molecule has 5 nitrogen and oxygen atoms in total.